The van der Waals surface area contributed by atoms with Crippen molar-refractivity contribution in [1.29, 1.82) is 0 Å². The average Bonchev–Trinajstić information content (AvgIpc) is 2.97. The van der Waals surface area contributed by atoms with E-state index in [0.29, 0.717) is 30.5 Å². The topological polar surface area (TPSA) is 63.5 Å². The molecule has 1 heterocycles. The molecule has 31 heavy (non-hydrogen) atoms. The summed E-state index contributed by atoms with van der Waals surface area (Å²) in [5, 5.41) is 10.9. The molecule has 0 aliphatic heterocycles. The number of rotatable bonds is 8. The average molecular weight is 553 g/mol. The van der Waals surface area contributed by atoms with Crippen LogP contribution in [0.5, 0.6) is 5.75 Å². The third-order valence-electron chi connectivity index (χ3n) is 4.49. The largest absolute Gasteiger partial charge is 0.484 e. The monoisotopic (exact) mass is 553 g/mol. The first kappa shape index (κ1) is 27.1. The molecule has 0 saturated heterocycles. The van der Waals surface area contributed by atoms with E-state index in [0.717, 1.165) is 23.5 Å². The number of aryl methyl sites for hydroxylation is 3. The molecule has 0 saturated carbocycles. The Morgan fingerprint density at radius 1 is 1.19 bits per heavy atom. The summed E-state index contributed by atoms with van der Waals surface area (Å²) in [7, 11) is 1.65. The first-order valence-corrected chi connectivity index (χ1v) is 9.82. The summed E-state index contributed by atoms with van der Waals surface area (Å²) in [6.45, 7) is 8.33. The first-order valence-electron chi connectivity index (χ1n) is 9.82. The summed E-state index contributed by atoms with van der Waals surface area (Å²) in [5.41, 5.74) is 3.57. The third kappa shape index (κ3) is 9.36. The number of guanidine groups is 1. The highest BCUT2D eigenvalue weighted by Crippen LogP contribution is 2.23. The van der Waals surface area contributed by atoms with Crippen LogP contribution in [0.4, 0.5) is 13.2 Å². The number of ether oxygens (including phenoxy) is 1. The lowest BCUT2D eigenvalue weighted by molar-refractivity contribution is -0.153. The summed E-state index contributed by atoms with van der Waals surface area (Å²) in [4.78, 5) is 4.19. The molecule has 10 heteroatoms. The van der Waals surface area contributed by atoms with E-state index in [-0.39, 0.29) is 29.7 Å². The summed E-state index contributed by atoms with van der Waals surface area (Å²) >= 11 is 0. The van der Waals surface area contributed by atoms with Gasteiger partial charge in [-0.1, -0.05) is 19.1 Å². The van der Waals surface area contributed by atoms with Crippen molar-refractivity contribution < 1.29 is 17.9 Å². The zero-order chi connectivity index (χ0) is 22.3. The molecule has 6 nitrogen and oxygen atoms in total. The number of aromatic nitrogens is 2. The number of halogens is 4. The second-order valence-electron chi connectivity index (χ2n) is 7.54. The van der Waals surface area contributed by atoms with E-state index in [1.807, 2.05) is 37.6 Å². The number of aliphatic imine (C=N–C) groups is 1. The number of alkyl halides is 3. The molecule has 2 N–H and O–H groups in total. The lowest BCUT2D eigenvalue weighted by atomic mass is 10.1. The fourth-order valence-electron chi connectivity index (χ4n) is 2.99. The lowest BCUT2D eigenvalue weighted by Gasteiger charge is -2.18. The van der Waals surface area contributed by atoms with E-state index in [4.69, 9.17) is 4.74 Å². The van der Waals surface area contributed by atoms with Crippen LogP contribution in [-0.4, -0.2) is 42.1 Å². The molecule has 2 rings (SSSR count). The number of benzene rings is 1. The molecular formula is C21H31F3IN5O. The maximum atomic E-state index is 12.5. The maximum Gasteiger partial charge on any atom is 0.422 e. The standard InChI is InChI=1S/C21H30F3N5O.HI/c1-14-6-7-18(19(8-14)30-13-21(22,23)24)11-27-20(25-5)26-10-15(2)12-29-17(4)9-16(3)28-29;/h6-9,15H,10-13H2,1-5H3,(H2,25,26,27);1H. The first-order chi connectivity index (χ1) is 14.1. The Bertz CT molecular complexity index is 867. The predicted molar refractivity (Wildman–Crippen MR) is 127 cm³/mol. The van der Waals surface area contributed by atoms with E-state index in [1.54, 1.807) is 19.2 Å². The third-order valence-corrected chi connectivity index (χ3v) is 4.49. The van der Waals surface area contributed by atoms with Crippen LogP contribution >= 0.6 is 24.0 Å². The van der Waals surface area contributed by atoms with E-state index >= 15 is 0 Å². The SMILES string of the molecule is CN=C(NCc1ccc(C)cc1OCC(F)(F)F)NCC(C)Cn1nc(C)cc1C.I. The van der Waals surface area contributed by atoms with Crippen molar-refractivity contribution in [2.24, 2.45) is 10.9 Å². The van der Waals surface area contributed by atoms with E-state index < -0.39 is 12.8 Å². The number of nitrogens with one attached hydrogen (secondary N) is 2. The van der Waals surface area contributed by atoms with Crippen LogP contribution in [0.2, 0.25) is 0 Å². The highest BCUT2D eigenvalue weighted by molar-refractivity contribution is 14.0. The Balaban J connectivity index is 0.00000480. The minimum Gasteiger partial charge on any atom is -0.484 e. The van der Waals surface area contributed by atoms with Crippen molar-refractivity contribution in [1.82, 2.24) is 20.4 Å². The van der Waals surface area contributed by atoms with Gasteiger partial charge in [-0.2, -0.15) is 18.3 Å². The summed E-state index contributed by atoms with van der Waals surface area (Å²) in [6, 6.07) is 7.24. The summed E-state index contributed by atoms with van der Waals surface area (Å²) in [6.07, 6.45) is -4.38. The van der Waals surface area contributed by atoms with Crippen LogP contribution in [0.25, 0.3) is 0 Å². The minimum atomic E-state index is -4.38. The molecule has 2 aromatic rings. The Morgan fingerprint density at radius 2 is 1.90 bits per heavy atom. The zero-order valence-electron chi connectivity index (χ0n) is 18.5. The van der Waals surface area contributed by atoms with Gasteiger partial charge in [0.2, 0.25) is 0 Å². The molecule has 0 radical (unpaired) electrons. The summed E-state index contributed by atoms with van der Waals surface area (Å²) < 4.78 is 44.5. The van der Waals surface area contributed by atoms with Gasteiger partial charge in [-0.3, -0.25) is 9.67 Å². The van der Waals surface area contributed by atoms with Gasteiger partial charge < -0.3 is 15.4 Å². The number of nitrogens with zero attached hydrogens (tertiary/aromatic N) is 3. The van der Waals surface area contributed by atoms with Gasteiger partial charge in [-0.25, -0.2) is 0 Å². The van der Waals surface area contributed by atoms with Crippen molar-refractivity contribution >= 4 is 29.9 Å². The van der Waals surface area contributed by atoms with Gasteiger partial charge in [0.1, 0.15) is 5.75 Å². The molecule has 0 fully saturated rings. The molecule has 1 unspecified atom stereocenters. The van der Waals surface area contributed by atoms with Gasteiger partial charge in [0.15, 0.2) is 12.6 Å². The van der Waals surface area contributed by atoms with Gasteiger partial charge in [0.25, 0.3) is 0 Å². The molecule has 0 aliphatic rings. The quantitative estimate of drug-likeness (QED) is 0.290. The van der Waals surface area contributed by atoms with Crippen molar-refractivity contribution in [3.05, 3.63) is 46.8 Å². The van der Waals surface area contributed by atoms with E-state index in [1.165, 1.54) is 0 Å². The Kier molecular flexibility index (Phi) is 10.6. The van der Waals surface area contributed by atoms with E-state index in [2.05, 4.69) is 27.6 Å². The summed E-state index contributed by atoms with van der Waals surface area (Å²) in [5.74, 6) is 1.08. The molecular weight excluding hydrogens is 522 g/mol. The number of hydrogen-bond donors (Lipinski definition) is 2. The maximum absolute atomic E-state index is 12.5. The smallest absolute Gasteiger partial charge is 0.422 e. The van der Waals surface area contributed by atoms with Gasteiger partial charge >= 0.3 is 6.18 Å². The van der Waals surface area contributed by atoms with Crippen molar-refractivity contribution in [3.63, 3.8) is 0 Å². The van der Waals surface area contributed by atoms with Crippen LogP contribution in [0.15, 0.2) is 29.3 Å². The molecule has 1 aromatic heterocycles. The highest BCUT2D eigenvalue weighted by Gasteiger charge is 2.28. The number of hydrogen-bond acceptors (Lipinski definition) is 3. The fourth-order valence-corrected chi connectivity index (χ4v) is 2.99. The van der Waals surface area contributed by atoms with Crippen LogP contribution in [0.1, 0.15) is 29.4 Å². The lowest BCUT2D eigenvalue weighted by Crippen LogP contribution is -2.39. The van der Waals surface area contributed by atoms with Gasteiger partial charge in [0, 0.05) is 37.9 Å². The predicted octanol–water partition coefficient (Wildman–Crippen LogP) is 4.37. The second kappa shape index (κ2) is 12.2. The molecule has 0 spiro atoms. The van der Waals surface area contributed by atoms with Crippen LogP contribution in [-0.2, 0) is 13.1 Å². The van der Waals surface area contributed by atoms with Crippen molar-refractivity contribution in [2.75, 3.05) is 20.2 Å². The molecule has 1 aromatic carbocycles. The van der Waals surface area contributed by atoms with Gasteiger partial charge in [-0.15, -0.1) is 24.0 Å². The molecule has 1 atom stereocenters. The Labute approximate surface area is 198 Å². The van der Waals surface area contributed by atoms with Crippen LogP contribution in [0, 0.1) is 26.7 Å². The normalized spacial score (nSPS) is 12.8. The zero-order valence-corrected chi connectivity index (χ0v) is 20.8. The second-order valence-corrected chi connectivity index (χ2v) is 7.54. The van der Waals surface area contributed by atoms with Gasteiger partial charge in [-0.05, 0) is 44.4 Å². The van der Waals surface area contributed by atoms with Crippen LogP contribution < -0.4 is 15.4 Å². The minimum absolute atomic E-state index is 0. The van der Waals surface area contributed by atoms with Crippen molar-refractivity contribution in [3.8, 4) is 5.75 Å². The Morgan fingerprint density at radius 3 is 2.48 bits per heavy atom. The molecule has 174 valence electrons. The molecule has 0 amide bonds. The Hall–Kier alpha value is -1.98. The van der Waals surface area contributed by atoms with Gasteiger partial charge in [0.05, 0.1) is 5.69 Å². The van der Waals surface area contributed by atoms with Crippen molar-refractivity contribution in [2.45, 2.75) is 47.0 Å². The van der Waals surface area contributed by atoms with Crippen LogP contribution in [0.3, 0.4) is 0 Å². The fraction of sp³-hybridized carbons (Fsp3) is 0.524. The molecule has 0 aliphatic carbocycles. The molecule has 0 bridgehead atoms. The highest BCUT2D eigenvalue weighted by atomic mass is 127. The van der Waals surface area contributed by atoms with E-state index in [9.17, 15) is 13.2 Å².